The average Bonchev–Trinajstić information content (AvgIpc) is 2.46. The van der Waals surface area contributed by atoms with E-state index in [-0.39, 0.29) is 11.6 Å². The van der Waals surface area contributed by atoms with Crippen LogP contribution in [0.15, 0.2) is 48.5 Å². The maximum atomic E-state index is 13.0. The molecule has 21 heavy (non-hydrogen) atoms. The van der Waals surface area contributed by atoms with E-state index < -0.39 is 0 Å². The summed E-state index contributed by atoms with van der Waals surface area (Å²) in [4.78, 5) is 16.5. The second kappa shape index (κ2) is 5.09. The van der Waals surface area contributed by atoms with Crippen molar-refractivity contribution in [2.75, 3.05) is 0 Å². The zero-order valence-electron chi connectivity index (χ0n) is 11.9. The molecule has 0 N–H and O–H groups in total. The number of benzene rings is 2. The van der Waals surface area contributed by atoms with Crippen LogP contribution in [0.25, 0.3) is 22.2 Å². The van der Waals surface area contributed by atoms with Crippen LogP contribution in [0.3, 0.4) is 0 Å². The second-order valence-electron chi connectivity index (χ2n) is 5.14. The number of halogens is 1. The molecule has 1 heterocycles. The van der Waals surface area contributed by atoms with Crippen molar-refractivity contribution < 1.29 is 9.18 Å². The normalized spacial score (nSPS) is 10.8. The van der Waals surface area contributed by atoms with Gasteiger partial charge in [-0.25, -0.2) is 9.37 Å². The summed E-state index contributed by atoms with van der Waals surface area (Å²) in [6.45, 7) is 3.53. The van der Waals surface area contributed by atoms with Gasteiger partial charge in [-0.2, -0.15) is 0 Å². The molecule has 3 heteroatoms. The summed E-state index contributed by atoms with van der Waals surface area (Å²) in [6.07, 6.45) is 0. The third kappa shape index (κ3) is 2.55. The van der Waals surface area contributed by atoms with Crippen LogP contribution in [0, 0.1) is 12.7 Å². The standard InChI is InChI=1S/C18H14FNO/c1-11-3-8-17-16(9-11)15(12(2)21)10-18(20-17)13-4-6-14(19)7-5-13/h3-10H,1-2H3. The first-order valence-corrected chi connectivity index (χ1v) is 6.73. The highest BCUT2D eigenvalue weighted by atomic mass is 19.1. The summed E-state index contributed by atoms with van der Waals surface area (Å²) in [5.41, 5.74) is 3.97. The molecular formula is C18H14FNO. The number of Topliss-reactive ketones (excluding diaryl/α,β-unsaturated/α-hetero) is 1. The quantitative estimate of drug-likeness (QED) is 0.644. The van der Waals surface area contributed by atoms with Crippen LogP contribution >= 0.6 is 0 Å². The van der Waals surface area contributed by atoms with Gasteiger partial charge in [0.25, 0.3) is 0 Å². The van der Waals surface area contributed by atoms with E-state index in [0.717, 1.165) is 22.0 Å². The number of hydrogen-bond acceptors (Lipinski definition) is 2. The maximum absolute atomic E-state index is 13.0. The molecule has 0 fully saturated rings. The molecule has 0 saturated carbocycles. The monoisotopic (exact) mass is 279 g/mol. The van der Waals surface area contributed by atoms with Crippen LogP contribution in [-0.2, 0) is 0 Å². The molecule has 0 unspecified atom stereocenters. The Morgan fingerprint density at radius 2 is 1.76 bits per heavy atom. The minimum absolute atomic E-state index is 0.00337. The fraction of sp³-hybridized carbons (Fsp3) is 0.111. The second-order valence-corrected chi connectivity index (χ2v) is 5.14. The van der Waals surface area contributed by atoms with Gasteiger partial charge >= 0.3 is 0 Å². The molecule has 3 aromatic rings. The first-order chi connectivity index (χ1) is 10.0. The van der Waals surface area contributed by atoms with Gasteiger partial charge in [0.1, 0.15) is 5.82 Å². The molecule has 0 radical (unpaired) electrons. The lowest BCUT2D eigenvalue weighted by Crippen LogP contribution is -1.98. The van der Waals surface area contributed by atoms with Crippen molar-refractivity contribution in [3.63, 3.8) is 0 Å². The van der Waals surface area contributed by atoms with Crippen molar-refractivity contribution >= 4 is 16.7 Å². The van der Waals surface area contributed by atoms with Crippen molar-refractivity contribution in [3.8, 4) is 11.3 Å². The fourth-order valence-corrected chi connectivity index (χ4v) is 2.40. The van der Waals surface area contributed by atoms with Gasteiger partial charge < -0.3 is 0 Å². The van der Waals surface area contributed by atoms with Gasteiger partial charge in [0.05, 0.1) is 11.2 Å². The Labute approximate surface area is 122 Å². The lowest BCUT2D eigenvalue weighted by molar-refractivity contribution is 0.101. The summed E-state index contributed by atoms with van der Waals surface area (Å²) < 4.78 is 13.0. The van der Waals surface area contributed by atoms with Crippen LogP contribution in [0.4, 0.5) is 4.39 Å². The van der Waals surface area contributed by atoms with E-state index >= 15 is 0 Å². The number of nitrogens with zero attached hydrogens (tertiary/aromatic N) is 1. The molecule has 1 aromatic heterocycles. The zero-order chi connectivity index (χ0) is 15.0. The highest BCUT2D eigenvalue weighted by Crippen LogP contribution is 2.26. The zero-order valence-corrected chi connectivity index (χ0v) is 11.9. The molecule has 2 nitrogen and oxygen atoms in total. The van der Waals surface area contributed by atoms with E-state index in [9.17, 15) is 9.18 Å². The van der Waals surface area contributed by atoms with Gasteiger partial charge in [0, 0.05) is 16.5 Å². The largest absolute Gasteiger partial charge is 0.294 e. The van der Waals surface area contributed by atoms with E-state index in [1.54, 1.807) is 25.1 Å². The van der Waals surface area contributed by atoms with Gasteiger partial charge in [-0.15, -0.1) is 0 Å². The van der Waals surface area contributed by atoms with Crippen molar-refractivity contribution in [2.45, 2.75) is 13.8 Å². The van der Waals surface area contributed by atoms with Crippen molar-refractivity contribution in [2.24, 2.45) is 0 Å². The van der Waals surface area contributed by atoms with E-state index in [1.807, 2.05) is 25.1 Å². The van der Waals surface area contributed by atoms with Crippen LogP contribution in [0.2, 0.25) is 0 Å². The van der Waals surface area contributed by atoms with Gasteiger partial charge in [0.15, 0.2) is 5.78 Å². The number of ketones is 1. The first kappa shape index (κ1) is 13.4. The van der Waals surface area contributed by atoms with E-state index in [0.29, 0.717) is 11.3 Å². The first-order valence-electron chi connectivity index (χ1n) is 6.73. The van der Waals surface area contributed by atoms with Gasteiger partial charge in [0.2, 0.25) is 0 Å². The fourth-order valence-electron chi connectivity index (χ4n) is 2.40. The number of pyridine rings is 1. The molecule has 0 aliphatic carbocycles. The van der Waals surface area contributed by atoms with E-state index in [4.69, 9.17) is 0 Å². The Morgan fingerprint density at radius 1 is 1.05 bits per heavy atom. The SMILES string of the molecule is CC(=O)c1cc(-c2ccc(F)cc2)nc2ccc(C)cc12. The van der Waals surface area contributed by atoms with Crippen molar-refractivity contribution in [1.82, 2.24) is 4.98 Å². The minimum atomic E-state index is -0.290. The third-order valence-electron chi connectivity index (χ3n) is 3.48. The van der Waals surface area contributed by atoms with Crippen molar-refractivity contribution in [3.05, 3.63) is 65.5 Å². The number of hydrogen-bond donors (Lipinski definition) is 0. The predicted molar refractivity (Wildman–Crippen MR) is 81.9 cm³/mol. The average molecular weight is 279 g/mol. The number of carbonyl (C=O) groups is 1. The molecule has 0 aliphatic rings. The molecule has 0 spiro atoms. The summed E-state index contributed by atoms with van der Waals surface area (Å²) in [6, 6.07) is 13.7. The highest BCUT2D eigenvalue weighted by Gasteiger charge is 2.11. The minimum Gasteiger partial charge on any atom is -0.294 e. The molecular weight excluding hydrogens is 265 g/mol. The van der Waals surface area contributed by atoms with Gasteiger partial charge in [-0.05, 0) is 56.3 Å². The maximum Gasteiger partial charge on any atom is 0.160 e. The third-order valence-corrected chi connectivity index (χ3v) is 3.48. The van der Waals surface area contributed by atoms with Gasteiger partial charge in [-0.3, -0.25) is 4.79 Å². The van der Waals surface area contributed by atoms with E-state index in [2.05, 4.69) is 4.98 Å². The van der Waals surface area contributed by atoms with Crippen LogP contribution in [0.1, 0.15) is 22.8 Å². The topological polar surface area (TPSA) is 30.0 Å². The Kier molecular flexibility index (Phi) is 3.26. The van der Waals surface area contributed by atoms with E-state index in [1.165, 1.54) is 12.1 Å². The van der Waals surface area contributed by atoms with Crippen LogP contribution < -0.4 is 0 Å². The van der Waals surface area contributed by atoms with Gasteiger partial charge in [-0.1, -0.05) is 11.6 Å². The Hall–Kier alpha value is -2.55. The summed E-state index contributed by atoms with van der Waals surface area (Å²) in [7, 11) is 0. The molecule has 2 aromatic carbocycles. The summed E-state index contributed by atoms with van der Waals surface area (Å²) >= 11 is 0. The van der Waals surface area contributed by atoms with Crippen molar-refractivity contribution in [1.29, 1.82) is 0 Å². The molecule has 0 aliphatic heterocycles. The number of fused-ring (bicyclic) bond motifs is 1. The molecule has 0 saturated heterocycles. The number of rotatable bonds is 2. The molecule has 0 atom stereocenters. The molecule has 3 rings (SSSR count). The van der Waals surface area contributed by atoms with Crippen LogP contribution in [0.5, 0.6) is 0 Å². The Bertz CT molecular complexity index is 838. The smallest absolute Gasteiger partial charge is 0.160 e. The number of carbonyl (C=O) groups excluding carboxylic acids is 1. The Morgan fingerprint density at radius 3 is 2.43 bits per heavy atom. The number of aryl methyl sites for hydroxylation is 1. The van der Waals surface area contributed by atoms with Crippen LogP contribution in [-0.4, -0.2) is 10.8 Å². The molecule has 0 bridgehead atoms. The Balaban J connectivity index is 2.28. The molecule has 0 amide bonds. The number of aromatic nitrogens is 1. The molecule has 104 valence electrons. The summed E-state index contributed by atoms with van der Waals surface area (Å²) in [5.74, 6) is -0.293. The lowest BCUT2D eigenvalue weighted by Gasteiger charge is -2.08. The highest BCUT2D eigenvalue weighted by molar-refractivity contribution is 6.07. The summed E-state index contributed by atoms with van der Waals surface area (Å²) in [5, 5.41) is 0.855. The lowest BCUT2D eigenvalue weighted by atomic mass is 10.0. The predicted octanol–water partition coefficient (Wildman–Crippen LogP) is 4.55.